The third-order valence-electron chi connectivity index (χ3n) is 3.97. The molecule has 1 amide bonds. The van der Waals surface area contributed by atoms with Gasteiger partial charge >= 0.3 is 0 Å². The first-order valence-corrected chi connectivity index (χ1v) is 8.96. The molecule has 3 rings (SSSR count). The zero-order chi connectivity index (χ0) is 17.1. The first-order valence-electron chi connectivity index (χ1n) is 7.76. The van der Waals surface area contributed by atoms with E-state index in [0.717, 1.165) is 27.8 Å². The summed E-state index contributed by atoms with van der Waals surface area (Å²) in [6.07, 6.45) is 0.759. The molecule has 1 aromatic heterocycles. The summed E-state index contributed by atoms with van der Waals surface area (Å²) in [6, 6.07) is 15.4. The fraction of sp³-hybridized carbons (Fsp3) is 0.211. The lowest BCUT2D eigenvalue weighted by molar-refractivity contribution is 0.0939. The van der Waals surface area contributed by atoms with Gasteiger partial charge in [-0.25, -0.2) is 0 Å². The molecule has 1 heterocycles. The molecule has 1 unspecified atom stereocenters. The van der Waals surface area contributed by atoms with Crippen LogP contribution in [0, 0.1) is 0 Å². The number of carbonyl (C=O) groups is 1. The van der Waals surface area contributed by atoms with Crippen LogP contribution in [0.15, 0.2) is 48.5 Å². The number of ether oxygens (including phenoxy) is 1. The van der Waals surface area contributed by atoms with Crippen LogP contribution in [0.3, 0.4) is 0 Å². The lowest BCUT2D eigenvalue weighted by Crippen LogP contribution is -2.28. The Kier molecular flexibility index (Phi) is 5.07. The number of nitrogens with one attached hydrogen (secondary N) is 1. The topological polar surface area (TPSA) is 38.3 Å². The maximum atomic E-state index is 12.8. The van der Waals surface area contributed by atoms with Gasteiger partial charge in [0, 0.05) is 15.6 Å². The van der Waals surface area contributed by atoms with Crippen molar-refractivity contribution < 1.29 is 9.53 Å². The van der Waals surface area contributed by atoms with Gasteiger partial charge in [-0.2, -0.15) is 0 Å². The van der Waals surface area contributed by atoms with E-state index >= 15 is 0 Å². The predicted octanol–water partition coefficient (Wildman–Crippen LogP) is 5.44. The van der Waals surface area contributed by atoms with Gasteiger partial charge in [-0.05, 0) is 18.6 Å². The van der Waals surface area contributed by atoms with E-state index in [9.17, 15) is 4.79 Å². The SMILES string of the molecule is CCC(NC(=O)c1sc2ccccc2c1Cl)c1ccccc1OC. The minimum absolute atomic E-state index is 0.130. The van der Waals surface area contributed by atoms with Crippen LogP contribution in [0.1, 0.15) is 34.6 Å². The molecule has 124 valence electrons. The highest BCUT2D eigenvalue weighted by atomic mass is 35.5. The van der Waals surface area contributed by atoms with Gasteiger partial charge in [0.15, 0.2) is 0 Å². The fourth-order valence-electron chi connectivity index (χ4n) is 2.74. The molecule has 0 aliphatic rings. The number of hydrogen-bond donors (Lipinski definition) is 1. The largest absolute Gasteiger partial charge is 0.496 e. The van der Waals surface area contributed by atoms with Gasteiger partial charge in [-0.1, -0.05) is 54.9 Å². The Morgan fingerprint density at radius 2 is 1.92 bits per heavy atom. The normalized spacial score (nSPS) is 12.1. The Labute approximate surface area is 150 Å². The van der Waals surface area contributed by atoms with E-state index in [1.54, 1.807) is 7.11 Å². The van der Waals surface area contributed by atoms with Gasteiger partial charge in [0.1, 0.15) is 10.6 Å². The summed E-state index contributed by atoms with van der Waals surface area (Å²) in [5.41, 5.74) is 0.966. The Bertz CT molecular complexity index is 875. The first kappa shape index (κ1) is 16.8. The Morgan fingerprint density at radius 1 is 1.21 bits per heavy atom. The Balaban J connectivity index is 1.90. The average Bonchev–Trinajstić information content (AvgIpc) is 2.97. The highest BCUT2D eigenvalue weighted by Crippen LogP contribution is 2.36. The van der Waals surface area contributed by atoms with E-state index in [0.29, 0.717) is 9.90 Å². The van der Waals surface area contributed by atoms with E-state index in [-0.39, 0.29) is 11.9 Å². The van der Waals surface area contributed by atoms with Gasteiger partial charge in [0.25, 0.3) is 5.91 Å². The summed E-state index contributed by atoms with van der Waals surface area (Å²) in [6.45, 7) is 2.03. The van der Waals surface area contributed by atoms with Crippen LogP contribution < -0.4 is 10.1 Å². The van der Waals surface area contributed by atoms with Crippen LogP contribution in [-0.4, -0.2) is 13.0 Å². The summed E-state index contributed by atoms with van der Waals surface area (Å²) in [5.74, 6) is 0.617. The van der Waals surface area contributed by atoms with Gasteiger partial charge in [0.05, 0.1) is 18.2 Å². The molecule has 1 N–H and O–H groups in total. The summed E-state index contributed by atoms with van der Waals surface area (Å²) in [7, 11) is 1.64. The number of benzene rings is 2. The maximum absolute atomic E-state index is 12.8. The van der Waals surface area contributed by atoms with Crippen LogP contribution in [0.2, 0.25) is 5.02 Å². The minimum Gasteiger partial charge on any atom is -0.496 e. The summed E-state index contributed by atoms with van der Waals surface area (Å²) in [4.78, 5) is 13.3. The average molecular weight is 360 g/mol. The second-order valence-corrected chi connectivity index (χ2v) is 6.85. The van der Waals surface area contributed by atoms with E-state index in [1.165, 1.54) is 11.3 Å². The van der Waals surface area contributed by atoms with Crippen molar-refractivity contribution in [1.29, 1.82) is 0 Å². The maximum Gasteiger partial charge on any atom is 0.263 e. The van der Waals surface area contributed by atoms with Crippen molar-refractivity contribution in [2.24, 2.45) is 0 Å². The highest BCUT2D eigenvalue weighted by Gasteiger charge is 2.21. The molecular formula is C19H18ClNO2S. The van der Waals surface area contributed by atoms with Gasteiger partial charge in [-0.3, -0.25) is 4.79 Å². The van der Waals surface area contributed by atoms with E-state index in [1.807, 2.05) is 55.5 Å². The quantitative estimate of drug-likeness (QED) is 0.658. The van der Waals surface area contributed by atoms with E-state index < -0.39 is 0 Å². The number of halogens is 1. The molecule has 5 heteroatoms. The molecule has 0 saturated carbocycles. The second kappa shape index (κ2) is 7.24. The van der Waals surface area contributed by atoms with Crippen LogP contribution in [0.25, 0.3) is 10.1 Å². The second-order valence-electron chi connectivity index (χ2n) is 5.42. The fourth-order valence-corrected chi connectivity index (χ4v) is 4.16. The molecule has 2 aromatic carbocycles. The van der Waals surface area contributed by atoms with Crippen LogP contribution >= 0.6 is 22.9 Å². The molecule has 0 bridgehead atoms. The molecule has 0 aliphatic heterocycles. The molecule has 0 fully saturated rings. The van der Waals surface area contributed by atoms with Gasteiger partial charge in [-0.15, -0.1) is 11.3 Å². The zero-order valence-electron chi connectivity index (χ0n) is 13.5. The van der Waals surface area contributed by atoms with Crippen molar-refractivity contribution in [1.82, 2.24) is 5.32 Å². The number of amides is 1. The van der Waals surface area contributed by atoms with Crippen molar-refractivity contribution in [3.8, 4) is 5.75 Å². The van der Waals surface area contributed by atoms with Crippen LogP contribution in [-0.2, 0) is 0 Å². The summed E-state index contributed by atoms with van der Waals surface area (Å²) in [5, 5.41) is 4.52. The Hall–Kier alpha value is -2.04. The number of fused-ring (bicyclic) bond motifs is 1. The number of para-hydroxylation sites is 1. The standard InChI is InChI=1S/C19H18ClNO2S/c1-3-14(12-8-4-6-10-15(12)23-2)21-19(22)18-17(20)13-9-5-7-11-16(13)24-18/h4-11,14H,3H2,1-2H3,(H,21,22). The minimum atomic E-state index is -0.154. The predicted molar refractivity (Wildman–Crippen MR) is 100 cm³/mol. The lowest BCUT2D eigenvalue weighted by atomic mass is 10.0. The van der Waals surface area contributed by atoms with E-state index in [2.05, 4.69) is 5.32 Å². The van der Waals surface area contributed by atoms with Crippen molar-refractivity contribution in [2.45, 2.75) is 19.4 Å². The number of hydrogen-bond acceptors (Lipinski definition) is 3. The van der Waals surface area contributed by atoms with Crippen molar-refractivity contribution in [3.05, 3.63) is 64.0 Å². The molecule has 1 atom stereocenters. The Morgan fingerprint density at radius 3 is 2.62 bits per heavy atom. The van der Waals surface area contributed by atoms with Crippen LogP contribution in [0.4, 0.5) is 0 Å². The number of carbonyl (C=O) groups excluding carboxylic acids is 1. The van der Waals surface area contributed by atoms with Crippen LogP contribution in [0.5, 0.6) is 5.75 Å². The smallest absolute Gasteiger partial charge is 0.263 e. The molecule has 3 aromatic rings. The molecular weight excluding hydrogens is 342 g/mol. The lowest BCUT2D eigenvalue weighted by Gasteiger charge is -2.19. The number of rotatable bonds is 5. The van der Waals surface area contributed by atoms with Crippen molar-refractivity contribution >= 4 is 38.9 Å². The number of thiophene rings is 1. The van der Waals surface area contributed by atoms with Crippen molar-refractivity contribution in [3.63, 3.8) is 0 Å². The van der Waals surface area contributed by atoms with Gasteiger partial charge in [0.2, 0.25) is 0 Å². The molecule has 24 heavy (non-hydrogen) atoms. The van der Waals surface area contributed by atoms with Crippen molar-refractivity contribution in [2.75, 3.05) is 7.11 Å². The summed E-state index contributed by atoms with van der Waals surface area (Å²) >= 11 is 7.82. The first-order chi connectivity index (χ1) is 11.7. The third-order valence-corrected chi connectivity index (χ3v) is 5.64. The number of methoxy groups -OCH3 is 1. The summed E-state index contributed by atoms with van der Waals surface area (Å²) < 4.78 is 6.42. The third kappa shape index (κ3) is 3.12. The zero-order valence-corrected chi connectivity index (χ0v) is 15.1. The van der Waals surface area contributed by atoms with Gasteiger partial charge < -0.3 is 10.1 Å². The molecule has 0 saturated heterocycles. The molecule has 0 aliphatic carbocycles. The van der Waals surface area contributed by atoms with E-state index in [4.69, 9.17) is 16.3 Å². The monoisotopic (exact) mass is 359 g/mol. The molecule has 3 nitrogen and oxygen atoms in total. The highest BCUT2D eigenvalue weighted by molar-refractivity contribution is 7.21. The molecule has 0 radical (unpaired) electrons. The molecule has 0 spiro atoms.